The van der Waals surface area contributed by atoms with Crippen LogP contribution in [0.2, 0.25) is 0 Å². The first kappa shape index (κ1) is 29.0. The van der Waals surface area contributed by atoms with E-state index in [0.717, 1.165) is 16.8 Å². The summed E-state index contributed by atoms with van der Waals surface area (Å²) in [6.07, 6.45) is 2.39. The SMILES string of the molecule is COc1cc(NC(=O)C2CCC(n3c(=O)[nH]c4c(OCCN(C)C(=O)OC(C)(C)C)cccc43)CC2)ccc1C. The van der Waals surface area contributed by atoms with Crippen LogP contribution >= 0.6 is 0 Å². The van der Waals surface area contributed by atoms with Crippen molar-refractivity contribution in [3.8, 4) is 11.5 Å². The van der Waals surface area contributed by atoms with Crippen LogP contribution in [0.3, 0.4) is 0 Å². The van der Waals surface area contributed by atoms with Crippen LogP contribution in [0.1, 0.15) is 58.1 Å². The van der Waals surface area contributed by atoms with Gasteiger partial charge in [-0.1, -0.05) is 12.1 Å². The van der Waals surface area contributed by atoms with Crippen LogP contribution in [0.15, 0.2) is 41.2 Å². The van der Waals surface area contributed by atoms with Crippen LogP contribution in [0.25, 0.3) is 11.0 Å². The van der Waals surface area contributed by atoms with Crippen LogP contribution in [0.5, 0.6) is 11.5 Å². The molecule has 40 heavy (non-hydrogen) atoms. The fourth-order valence-electron chi connectivity index (χ4n) is 5.07. The van der Waals surface area contributed by atoms with E-state index >= 15 is 0 Å². The van der Waals surface area contributed by atoms with Gasteiger partial charge in [-0.2, -0.15) is 0 Å². The minimum Gasteiger partial charge on any atom is -0.496 e. The van der Waals surface area contributed by atoms with E-state index in [1.54, 1.807) is 24.8 Å². The van der Waals surface area contributed by atoms with Crippen LogP contribution < -0.4 is 20.5 Å². The van der Waals surface area contributed by atoms with Gasteiger partial charge in [-0.25, -0.2) is 9.59 Å². The van der Waals surface area contributed by atoms with Crippen LogP contribution in [0.4, 0.5) is 10.5 Å². The van der Waals surface area contributed by atoms with Crippen molar-refractivity contribution in [3.63, 3.8) is 0 Å². The van der Waals surface area contributed by atoms with E-state index in [1.165, 1.54) is 4.90 Å². The summed E-state index contributed by atoms with van der Waals surface area (Å²) in [5.41, 5.74) is 2.34. The third kappa shape index (κ3) is 6.78. The highest BCUT2D eigenvalue weighted by Gasteiger charge is 2.29. The molecule has 10 heteroatoms. The average molecular weight is 553 g/mol. The number of amides is 2. The number of likely N-dealkylation sites (N-methyl/N-ethyl adjacent to an activating group) is 1. The van der Waals surface area contributed by atoms with Gasteiger partial charge in [-0.3, -0.25) is 9.36 Å². The molecule has 1 aliphatic carbocycles. The van der Waals surface area contributed by atoms with Gasteiger partial charge in [-0.05, 0) is 77.1 Å². The molecule has 0 spiro atoms. The molecule has 1 aliphatic rings. The van der Waals surface area contributed by atoms with Crippen molar-refractivity contribution < 1.29 is 23.8 Å². The number of methoxy groups -OCH3 is 1. The minimum atomic E-state index is -0.571. The van der Waals surface area contributed by atoms with Crippen molar-refractivity contribution in [2.24, 2.45) is 5.92 Å². The van der Waals surface area contributed by atoms with Crippen molar-refractivity contribution in [2.45, 2.75) is 65.0 Å². The van der Waals surface area contributed by atoms with Gasteiger partial charge in [0.2, 0.25) is 5.91 Å². The Balaban J connectivity index is 1.37. The Morgan fingerprint density at radius 2 is 1.82 bits per heavy atom. The van der Waals surface area contributed by atoms with Crippen molar-refractivity contribution in [1.29, 1.82) is 0 Å². The molecule has 0 aliphatic heterocycles. The number of imidazole rings is 1. The van der Waals surface area contributed by atoms with E-state index in [1.807, 2.05) is 58.0 Å². The fraction of sp³-hybridized carbons (Fsp3) is 0.500. The Kier molecular flexibility index (Phi) is 8.76. The normalized spacial score (nSPS) is 17.4. The number of aromatic nitrogens is 2. The molecule has 0 bridgehead atoms. The molecule has 0 radical (unpaired) electrons. The summed E-state index contributed by atoms with van der Waals surface area (Å²) in [4.78, 5) is 42.6. The second-order valence-electron chi connectivity index (χ2n) is 11.4. The van der Waals surface area contributed by atoms with Gasteiger partial charge in [0.1, 0.15) is 29.2 Å². The number of carbonyl (C=O) groups excluding carboxylic acids is 2. The predicted molar refractivity (Wildman–Crippen MR) is 154 cm³/mol. The number of hydrogen-bond acceptors (Lipinski definition) is 6. The summed E-state index contributed by atoms with van der Waals surface area (Å²) >= 11 is 0. The summed E-state index contributed by atoms with van der Waals surface area (Å²) < 4.78 is 18.5. The highest BCUT2D eigenvalue weighted by Crippen LogP contribution is 2.35. The molecule has 0 unspecified atom stereocenters. The first-order valence-electron chi connectivity index (χ1n) is 13.7. The number of carbonyl (C=O) groups is 2. The van der Waals surface area contributed by atoms with Crippen molar-refractivity contribution in [3.05, 3.63) is 52.4 Å². The van der Waals surface area contributed by atoms with E-state index in [4.69, 9.17) is 14.2 Å². The average Bonchev–Trinajstić information content (AvgIpc) is 3.25. The molecular weight excluding hydrogens is 512 g/mol. The first-order valence-corrected chi connectivity index (χ1v) is 13.7. The van der Waals surface area contributed by atoms with Crippen molar-refractivity contribution in [2.75, 3.05) is 32.6 Å². The lowest BCUT2D eigenvalue weighted by atomic mass is 9.85. The van der Waals surface area contributed by atoms with E-state index in [-0.39, 0.29) is 30.2 Å². The number of para-hydroxylation sites is 1. The monoisotopic (exact) mass is 552 g/mol. The molecule has 0 atom stereocenters. The van der Waals surface area contributed by atoms with Crippen LogP contribution in [0, 0.1) is 12.8 Å². The Bertz CT molecular complexity index is 1410. The van der Waals surface area contributed by atoms with Crippen molar-refractivity contribution >= 4 is 28.7 Å². The summed E-state index contributed by atoms with van der Waals surface area (Å²) in [6.45, 7) is 8.00. The summed E-state index contributed by atoms with van der Waals surface area (Å²) in [5.74, 6) is 1.15. The zero-order valence-electron chi connectivity index (χ0n) is 24.2. The molecule has 3 aromatic rings. The maximum atomic E-state index is 13.0. The van der Waals surface area contributed by atoms with Gasteiger partial charge in [0.15, 0.2) is 0 Å². The number of fused-ring (bicyclic) bond motifs is 1. The first-order chi connectivity index (χ1) is 19.0. The summed E-state index contributed by atoms with van der Waals surface area (Å²) in [5, 5.41) is 3.01. The number of hydrogen-bond donors (Lipinski definition) is 2. The molecule has 4 rings (SSSR count). The van der Waals surface area contributed by atoms with Gasteiger partial charge < -0.3 is 29.4 Å². The Morgan fingerprint density at radius 3 is 2.50 bits per heavy atom. The third-order valence-corrected chi connectivity index (χ3v) is 7.21. The summed E-state index contributed by atoms with van der Waals surface area (Å²) in [7, 11) is 3.27. The van der Waals surface area contributed by atoms with Gasteiger partial charge in [0.05, 0.1) is 19.2 Å². The molecule has 0 saturated heterocycles. The number of ether oxygens (including phenoxy) is 3. The Labute approximate surface area is 234 Å². The zero-order valence-corrected chi connectivity index (χ0v) is 24.2. The largest absolute Gasteiger partial charge is 0.496 e. The lowest BCUT2D eigenvalue weighted by Crippen LogP contribution is -2.36. The molecule has 216 valence electrons. The predicted octanol–water partition coefficient (Wildman–Crippen LogP) is 5.26. The lowest BCUT2D eigenvalue weighted by Gasteiger charge is -2.28. The number of benzene rings is 2. The number of rotatable bonds is 8. The topological polar surface area (TPSA) is 115 Å². The van der Waals surface area contributed by atoms with Gasteiger partial charge in [-0.15, -0.1) is 0 Å². The second kappa shape index (κ2) is 12.1. The number of H-pyrrole nitrogens is 1. The van der Waals surface area contributed by atoms with E-state index in [2.05, 4.69) is 10.3 Å². The van der Waals surface area contributed by atoms with Crippen molar-refractivity contribution in [1.82, 2.24) is 14.5 Å². The molecule has 1 aromatic heterocycles. The third-order valence-electron chi connectivity index (χ3n) is 7.21. The Morgan fingerprint density at radius 1 is 1.10 bits per heavy atom. The Hall–Kier alpha value is -3.95. The van der Waals surface area contributed by atoms with Gasteiger partial charge in [0, 0.05) is 30.8 Å². The van der Waals surface area contributed by atoms with Gasteiger partial charge >= 0.3 is 11.8 Å². The number of nitrogens with one attached hydrogen (secondary N) is 2. The van der Waals surface area contributed by atoms with Gasteiger partial charge in [0.25, 0.3) is 0 Å². The van der Waals surface area contributed by atoms with E-state index in [9.17, 15) is 14.4 Å². The molecule has 10 nitrogen and oxygen atoms in total. The van der Waals surface area contributed by atoms with E-state index in [0.29, 0.717) is 49.2 Å². The van der Waals surface area contributed by atoms with Crippen LogP contribution in [-0.4, -0.2) is 59.4 Å². The maximum absolute atomic E-state index is 13.0. The lowest BCUT2D eigenvalue weighted by molar-refractivity contribution is -0.121. The number of nitrogens with zero attached hydrogens (tertiary/aromatic N) is 2. The molecule has 2 N–H and O–H groups in total. The molecule has 2 aromatic carbocycles. The molecule has 2 amide bonds. The highest BCUT2D eigenvalue weighted by molar-refractivity contribution is 5.92. The van der Waals surface area contributed by atoms with E-state index < -0.39 is 11.7 Å². The maximum Gasteiger partial charge on any atom is 0.410 e. The molecule has 1 saturated carbocycles. The fourth-order valence-corrected chi connectivity index (χ4v) is 5.07. The standard InChI is InChI=1S/C30H40N4O6/c1-19-10-13-21(18-25(19)38-6)31-27(35)20-11-14-22(15-12-20)34-23-8-7-9-24(26(23)32-28(34)36)39-17-16-33(5)29(37)40-30(2,3)4/h7-10,13,18,20,22H,11-12,14-17H2,1-6H3,(H,31,35)(H,32,36). The number of aryl methyl sites for hydroxylation is 1. The molecule has 1 heterocycles. The number of aromatic amines is 1. The highest BCUT2D eigenvalue weighted by atomic mass is 16.6. The second-order valence-corrected chi connectivity index (χ2v) is 11.4. The zero-order chi connectivity index (χ0) is 29.0. The molecular formula is C30H40N4O6. The molecule has 1 fully saturated rings. The van der Waals surface area contributed by atoms with Crippen LogP contribution in [-0.2, 0) is 9.53 Å². The summed E-state index contributed by atoms with van der Waals surface area (Å²) in [6, 6.07) is 11.2. The smallest absolute Gasteiger partial charge is 0.410 e. The minimum absolute atomic E-state index is 0.0114. The number of anilines is 1. The quantitative estimate of drug-likeness (QED) is 0.394.